The Hall–Kier alpha value is 5.65. The molecule has 0 spiro atoms. The molecule has 0 nitrogen and oxygen atoms in total. The zero-order valence-electron chi connectivity index (χ0n) is 3.30. The zero-order chi connectivity index (χ0) is 0. The van der Waals surface area contributed by atoms with Gasteiger partial charge in [-0.05, 0) is 0 Å². The van der Waals surface area contributed by atoms with Crippen molar-refractivity contribution in [2.75, 3.05) is 0 Å². The van der Waals surface area contributed by atoms with Crippen LogP contribution >= 0.6 is 0 Å². The minimum absolute atomic E-state index is 0. The molecule has 0 bridgehead atoms. The van der Waals surface area contributed by atoms with Gasteiger partial charge >= 0.3 is 0 Å². The monoisotopic (exact) mass is 224 g/mol. The zero-order valence-corrected chi connectivity index (χ0v) is 14.2. The van der Waals surface area contributed by atoms with Crippen LogP contribution < -0.4 is 0 Å². The Kier molecular flexibility index (Phi) is 89.7. The van der Waals surface area contributed by atoms with Crippen molar-refractivity contribution >= 4 is 154 Å². The van der Waals surface area contributed by atoms with Crippen molar-refractivity contribution in [3.63, 3.8) is 0 Å². The smallest absolute Gasteiger partial charge is 0 e. The molecular weight excluding hydrogens is 225 g/mol. The number of hydrogen-bond acceptors (Lipinski definition) is 0. The van der Waals surface area contributed by atoms with Crippen LogP contribution in [0.15, 0.2) is 0 Å². The van der Waals surface area contributed by atoms with E-state index in [0.29, 0.717) is 0 Å². The summed E-state index contributed by atoms with van der Waals surface area (Å²) in [5, 5.41) is 0. The Labute approximate surface area is 170 Å². The van der Waals surface area contributed by atoms with E-state index in [1.54, 1.807) is 0 Å². The van der Waals surface area contributed by atoms with Gasteiger partial charge in [-0.2, -0.15) is 0 Å². The number of hydrogen-bond donors (Lipinski definition) is 0. The molecule has 0 aromatic carbocycles. The van der Waals surface area contributed by atoms with E-state index < -0.39 is 0 Å². The van der Waals surface area contributed by atoms with E-state index in [1.807, 2.05) is 0 Å². The largest absolute Gasteiger partial charge is 0 e. The summed E-state index contributed by atoms with van der Waals surface area (Å²) in [4.78, 5) is 0. The molecule has 4 radical (unpaired) electrons. The third kappa shape index (κ3) is 10.6. The van der Waals surface area contributed by atoms with Crippen molar-refractivity contribution < 1.29 is 22.4 Å². The van der Waals surface area contributed by atoms with E-state index >= 15 is 0 Å². The maximum absolute atomic E-state index is 0. The second-order valence-corrected chi connectivity index (χ2v) is 0. The van der Waals surface area contributed by atoms with Gasteiger partial charge in [-0.25, -0.2) is 0 Å². The van der Waals surface area contributed by atoms with E-state index in [-0.39, 0.29) is 177 Å². The molecule has 4 heteroatoms. The van der Waals surface area contributed by atoms with Crippen molar-refractivity contribution in [1.29, 1.82) is 0 Å². The molecule has 0 fully saturated rings. The minimum atomic E-state index is 0. The molecule has 0 aliphatic heterocycles. The Bertz CT molecular complexity index is 3.25. The Balaban J connectivity index is 0. The molecule has 0 aliphatic carbocycles. The Morgan fingerprint density at radius 1 is 0.500 bits per heavy atom. The van der Waals surface area contributed by atoms with Crippen molar-refractivity contribution in [2.24, 2.45) is 0 Å². The molecule has 0 rings (SSSR count). The van der Waals surface area contributed by atoms with Crippen LogP contribution in [0.2, 0.25) is 0 Å². The standard InChI is InChI=1S/Ag.3K. The van der Waals surface area contributed by atoms with Gasteiger partial charge in [0.1, 0.15) is 0 Å². The van der Waals surface area contributed by atoms with Gasteiger partial charge in [0.25, 0.3) is 0 Å². The van der Waals surface area contributed by atoms with Crippen molar-refractivity contribution in [3.8, 4) is 0 Å². The van der Waals surface area contributed by atoms with E-state index in [2.05, 4.69) is 0 Å². The Morgan fingerprint density at radius 3 is 0.500 bits per heavy atom. The summed E-state index contributed by atoms with van der Waals surface area (Å²) in [6, 6.07) is 0. The first kappa shape index (κ1) is 22.6. The van der Waals surface area contributed by atoms with Crippen LogP contribution in [0.4, 0.5) is 0 Å². The summed E-state index contributed by atoms with van der Waals surface area (Å²) in [7, 11) is 0. The molecule has 14 valence electrons. The first-order chi connectivity index (χ1) is 0. The third-order valence-electron chi connectivity index (χ3n) is 0. The van der Waals surface area contributed by atoms with Crippen LogP contribution in [0.1, 0.15) is 0 Å². The second-order valence-electron chi connectivity index (χ2n) is 0. The molecule has 4 heavy (non-hydrogen) atoms. The third-order valence-corrected chi connectivity index (χ3v) is 0. The molecular formula is AgK3. The molecule has 0 N–H and O–H groups in total. The van der Waals surface area contributed by atoms with Crippen LogP contribution in [0.5, 0.6) is 0 Å². The molecule has 0 saturated carbocycles. The van der Waals surface area contributed by atoms with Gasteiger partial charge < -0.3 is 0 Å². The average Bonchev–Trinajstić information content (AvgIpc) is 0. The van der Waals surface area contributed by atoms with Gasteiger partial charge in [-0.1, -0.05) is 0 Å². The van der Waals surface area contributed by atoms with Crippen LogP contribution in [0.25, 0.3) is 0 Å². The summed E-state index contributed by atoms with van der Waals surface area (Å²) in [6.45, 7) is 0. The van der Waals surface area contributed by atoms with E-state index in [0.717, 1.165) is 0 Å². The quantitative estimate of drug-likeness (QED) is 0.457. The molecule has 0 saturated heterocycles. The summed E-state index contributed by atoms with van der Waals surface area (Å²) in [5.74, 6) is 0. The summed E-state index contributed by atoms with van der Waals surface area (Å²) < 4.78 is 0. The minimum Gasteiger partial charge on any atom is 0 e. The fourth-order valence-corrected chi connectivity index (χ4v) is 0. The van der Waals surface area contributed by atoms with Crippen molar-refractivity contribution in [2.45, 2.75) is 0 Å². The first-order valence-electron chi connectivity index (χ1n) is 0. The normalized spacial score (nSPS) is 0. The van der Waals surface area contributed by atoms with Gasteiger partial charge in [-0.3, -0.25) is 0 Å². The molecule has 0 aliphatic rings. The fraction of sp³-hybridized carbons (Fsp3) is 0. The molecule has 0 aromatic rings. The van der Waals surface area contributed by atoms with Crippen LogP contribution in [0, 0.1) is 0 Å². The van der Waals surface area contributed by atoms with Gasteiger partial charge in [-0.15, -0.1) is 0 Å². The van der Waals surface area contributed by atoms with Gasteiger partial charge in [0.05, 0.1) is 0 Å². The first-order valence-corrected chi connectivity index (χ1v) is 0. The van der Waals surface area contributed by atoms with Crippen LogP contribution in [-0.4, -0.2) is 154 Å². The van der Waals surface area contributed by atoms with E-state index in [9.17, 15) is 0 Å². The van der Waals surface area contributed by atoms with Crippen molar-refractivity contribution in [3.05, 3.63) is 0 Å². The number of rotatable bonds is 0. The van der Waals surface area contributed by atoms with Gasteiger partial charge in [0.15, 0.2) is 0 Å². The fourth-order valence-electron chi connectivity index (χ4n) is 0. The molecule has 0 unspecified atom stereocenters. The molecule has 0 aromatic heterocycles. The predicted octanol–water partition coefficient (Wildman–Crippen LogP) is -1.14. The maximum atomic E-state index is 0. The summed E-state index contributed by atoms with van der Waals surface area (Å²) in [6.07, 6.45) is 0. The topological polar surface area (TPSA) is 0 Å². The van der Waals surface area contributed by atoms with Crippen molar-refractivity contribution in [1.82, 2.24) is 0 Å². The Morgan fingerprint density at radius 2 is 0.500 bits per heavy atom. The molecule has 0 heterocycles. The molecule has 0 amide bonds. The maximum Gasteiger partial charge on any atom is 0 e. The van der Waals surface area contributed by atoms with Crippen LogP contribution in [-0.2, 0) is 22.4 Å². The van der Waals surface area contributed by atoms with Gasteiger partial charge in [0, 0.05) is 177 Å². The second kappa shape index (κ2) is 15.9. The predicted molar refractivity (Wildman–Crippen MR) is 17.3 cm³/mol. The average molecular weight is 225 g/mol. The van der Waals surface area contributed by atoms with E-state index in [4.69, 9.17) is 0 Å². The SMILES string of the molecule is [Ag].[K].[K].[K]. The van der Waals surface area contributed by atoms with E-state index in [1.165, 1.54) is 0 Å². The van der Waals surface area contributed by atoms with Crippen LogP contribution in [0.3, 0.4) is 0 Å². The molecule has 0 atom stereocenters. The van der Waals surface area contributed by atoms with Gasteiger partial charge in [0.2, 0.25) is 0 Å². The summed E-state index contributed by atoms with van der Waals surface area (Å²) in [5.41, 5.74) is 0. The summed E-state index contributed by atoms with van der Waals surface area (Å²) >= 11 is 0.